The molecule has 0 bridgehead atoms. The molecular formula is C14H16F3N3S. The second-order valence-corrected chi connectivity index (χ2v) is 6.19. The standard InChI is InChI=1S/C14H16F3N3S/c1-2-10-8-20(6-5-18-10)13-19-11-4-3-9(14(15,16)17)7-12(11)21-13/h3-4,7,10,18H,2,5-6,8H2,1H3/t10-/m0/s1. The summed E-state index contributed by atoms with van der Waals surface area (Å²) in [6.45, 7) is 4.68. The van der Waals surface area contributed by atoms with Gasteiger partial charge in [-0.05, 0) is 24.6 Å². The van der Waals surface area contributed by atoms with E-state index in [1.54, 1.807) is 0 Å². The molecule has 21 heavy (non-hydrogen) atoms. The minimum atomic E-state index is -4.30. The number of fused-ring (bicyclic) bond motifs is 1. The van der Waals surface area contributed by atoms with Crippen molar-refractivity contribution >= 4 is 26.7 Å². The maximum atomic E-state index is 12.7. The summed E-state index contributed by atoms with van der Waals surface area (Å²) < 4.78 is 38.8. The molecule has 3 nitrogen and oxygen atoms in total. The van der Waals surface area contributed by atoms with Crippen LogP contribution in [-0.2, 0) is 6.18 Å². The number of hydrogen-bond donors (Lipinski definition) is 1. The highest BCUT2D eigenvalue weighted by Gasteiger charge is 2.31. The van der Waals surface area contributed by atoms with Gasteiger partial charge in [-0.15, -0.1) is 0 Å². The lowest BCUT2D eigenvalue weighted by Crippen LogP contribution is -2.50. The molecule has 7 heteroatoms. The molecule has 3 rings (SSSR count). The van der Waals surface area contributed by atoms with Gasteiger partial charge in [0.15, 0.2) is 5.13 Å². The number of halogens is 3. The van der Waals surface area contributed by atoms with Gasteiger partial charge in [0, 0.05) is 25.7 Å². The van der Waals surface area contributed by atoms with Crippen LogP contribution < -0.4 is 10.2 Å². The van der Waals surface area contributed by atoms with Crippen LogP contribution in [0.15, 0.2) is 18.2 Å². The molecule has 114 valence electrons. The average molecular weight is 315 g/mol. The largest absolute Gasteiger partial charge is 0.416 e. The lowest BCUT2D eigenvalue weighted by atomic mass is 10.2. The van der Waals surface area contributed by atoms with Crippen molar-refractivity contribution in [2.45, 2.75) is 25.6 Å². The Morgan fingerprint density at radius 2 is 2.24 bits per heavy atom. The molecule has 1 atom stereocenters. The second kappa shape index (κ2) is 5.46. The van der Waals surface area contributed by atoms with Crippen LogP contribution in [0.25, 0.3) is 10.2 Å². The predicted molar refractivity (Wildman–Crippen MR) is 78.9 cm³/mol. The number of hydrogen-bond acceptors (Lipinski definition) is 4. The fourth-order valence-corrected chi connectivity index (χ4v) is 3.54. The van der Waals surface area contributed by atoms with Crippen molar-refractivity contribution in [3.05, 3.63) is 23.8 Å². The lowest BCUT2D eigenvalue weighted by molar-refractivity contribution is -0.137. The third-order valence-electron chi connectivity index (χ3n) is 3.72. The zero-order chi connectivity index (χ0) is 15.0. The topological polar surface area (TPSA) is 28.2 Å². The van der Waals surface area contributed by atoms with Gasteiger partial charge in [-0.3, -0.25) is 0 Å². The highest BCUT2D eigenvalue weighted by atomic mass is 32.1. The Kier molecular flexibility index (Phi) is 3.79. The molecule has 2 heterocycles. The van der Waals surface area contributed by atoms with Crippen molar-refractivity contribution < 1.29 is 13.2 Å². The van der Waals surface area contributed by atoms with Crippen molar-refractivity contribution in [3.63, 3.8) is 0 Å². The summed E-state index contributed by atoms with van der Waals surface area (Å²) in [7, 11) is 0. The number of benzene rings is 1. The van der Waals surface area contributed by atoms with Gasteiger partial charge in [-0.25, -0.2) is 4.98 Å². The van der Waals surface area contributed by atoms with Gasteiger partial charge in [0.25, 0.3) is 0 Å². The molecule has 2 aromatic rings. The Labute approximate surface area is 124 Å². The van der Waals surface area contributed by atoms with Gasteiger partial charge in [0.1, 0.15) is 0 Å². The molecule has 0 aliphatic carbocycles. The SMILES string of the molecule is CC[C@H]1CN(c2nc3ccc(C(F)(F)F)cc3s2)CCN1. The Balaban J connectivity index is 1.90. The number of anilines is 1. The van der Waals surface area contributed by atoms with E-state index in [1.165, 1.54) is 23.5 Å². The molecular weight excluding hydrogens is 299 g/mol. The molecule has 0 unspecified atom stereocenters. The predicted octanol–water partition coefficient (Wildman–Crippen LogP) is 3.50. The molecule has 0 radical (unpaired) electrons. The summed E-state index contributed by atoms with van der Waals surface area (Å²) >= 11 is 1.33. The van der Waals surface area contributed by atoms with Crippen LogP contribution in [-0.4, -0.2) is 30.7 Å². The molecule has 1 saturated heterocycles. The normalized spacial score (nSPS) is 20.2. The van der Waals surface area contributed by atoms with Gasteiger partial charge in [0.2, 0.25) is 0 Å². The average Bonchev–Trinajstić information content (AvgIpc) is 2.89. The van der Waals surface area contributed by atoms with Gasteiger partial charge >= 0.3 is 6.18 Å². The van der Waals surface area contributed by atoms with Gasteiger partial charge in [-0.1, -0.05) is 18.3 Å². The van der Waals surface area contributed by atoms with E-state index >= 15 is 0 Å². The highest BCUT2D eigenvalue weighted by molar-refractivity contribution is 7.22. The van der Waals surface area contributed by atoms with E-state index in [1.807, 2.05) is 0 Å². The van der Waals surface area contributed by atoms with E-state index in [-0.39, 0.29) is 0 Å². The smallest absolute Gasteiger partial charge is 0.345 e. The van der Waals surface area contributed by atoms with Crippen molar-refractivity contribution in [1.29, 1.82) is 0 Å². The van der Waals surface area contributed by atoms with Crippen LogP contribution in [0.2, 0.25) is 0 Å². The molecule has 1 aliphatic rings. The number of nitrogens with zero attached hydrogens (tertiary/aromatic N) is 2. The van der Waals surface area contributed by atoms with E-state index < -0.39 is 11.7 Å². The first kappa shape index (κ1) is 14.6. The Morgan fingerprint density at radius 3 is 2.95 bits per heavy atom. The maximum Gasteiger partial charge on any atom is 0.416 e. The summed E-state index contributed by atoms with van der Waals surface area (Å²) in [5.41, 5.74) is 0.0199. The van der Waals surface area contributed by atoms with E-state index in [4.69, 9.17) is 0 Å². The molecule has 1 aliphatic heterocycles. The van der Waals surface area contributed by atoms with Crippen LogP contribution in [0, 0.1) is 0 Å². The first-order valence-electron chi connectivity index (χ1n) is 6.93. The van der Waals surface area contributed by atoms with E-state index in [0.717, 1.165) is 37.3 Å². The first-order chi connectivity index (χ1) is 9.97. The molecule has 0 spiro atoms. The van der Waals surface area contributed by atoms with Crippen molar-refractivity contribution in [2.24, 2.45) is 0 Å². The number of nitrogens with one attached hydrogen (secondary N) is 1. The van der Waals surface area contributed by atoms with Crippen LogP contribution >= 0.6 is 11.3 Å². The summed E-state index contributed by atoms with van der Waals surface area (Å²) in [4.78, 5) is 6.63. The fraction of sp³-hybridized carbons (Fsp3) is 0.500. The number of aromatic nitrogens is 1. The van der Waals surface area contributed by atoms with E-state index in [9.17, 15) is 13.2 Å². The molecule has 0 saturated carbocycles. The van der Waals surface area contributed by atoms with Gasteiger partial charge in [0.05, 0.1) is 15.8 Å². The van der Waals surface area contributed by atoms with Crippen LogP contribution in [0.1, 0.15) is 18.9 Å². The molecule has 1 aromatic carbocycles. The molecule has 1 aromatic heterocycles. The Hall–Kier alpha value is -1.34. The van der Waals surface area contributed by atoms with Crippen molar-refractivity contribution in [1.82, 2.24) is 10.3 Å². The zero-order valence-corrected chi connectivity index (χ0v) is 12.4. The summed E-state index contributed by atoms with van der Waals surface area (Å²) in [5, 5.41) is 4.23. The lowest BCUT2D eigenvalue weighted by Gasteiger charge is -2.32. The number of rotatable bonds is 2. The zero-order valence-electron chi connectivity index (χ0n) is 11.6. The third kappa shape index (κ3) is 2.98. The summed E-state index contributed by atoms with van der Waals surface area (Å²) in [6.07, 6.45) is -3.28. The Bertz CT molecular complexity index is 638. The highest BCUT2D eigenvalue weighted by Crippen LogP contribution is 2.35. The van der Waals surface area contributed by atoms with Crippen LogP contribution in [0.5, 0.6) is 0 Å². The summed E-state index contributed by atoms with van der Waals surface area (Å²) in [5.74, 6) is 0. The minimum Gasteiger partial charge on any atom is -0.345 e. The maximum absolute atomic E-state index is 12.7. The first-order valence-corrected chi connectivity index (χ1v) is 7.75. The Morgan fingerprint density at radius 1 is 1.43 bits per heavy atom. The monoisotopic (exact) mass is 315 g/mol. The number of piperazine rings is 1. The molecule has 0 amide bonds. The van der Waals surface area contributed by atoms with Crippen molar-refractivity contribution in [2.75, 3.05) is 24.5 Å². The minimum absolute atomic E-state index is 0.413. The molecule has 1 fully saturated rings. The van der Waals surface area contributed by atoms with Crippen LogP contribution in [0.4, 0.5) is 18.3 Å². The van der Waals surface area contributed by atoms with Crippen LogP contribution in [0.3, 0.4) is 0 Å². The van der Waals surface area contributed by atoms with Gasteiger partial charge < -0.3 is 10.2 Å². The quantitative estimate of drug-likeness (QED) is 0.919. The number of alkyl halides is 3. The molecule has 1 N–H and O–H groups in total. The number of thiazole rings is 1. The van der Waals surface area contributed by atoms with E-state index in [0.29, 0.717) is 16.3 Å². The summed E-state index contributed by atoms with van der Waals surface area (Å²) in [6, 6.07) is 4.16. The van der Waals surface area contributed by atoms with Gasteiger partial charge in [-0.2, -0.15) is 13.2 Å². The second-order valence-electron chi connectivity index (χ2n) is 5.18. The fourth-order valence-electron chi connectivity index (χ4n) is 2.50. The third-order valence-corrected chi connectivity index (χ3v) is 4.80. The van der Waals surface area contributed by atoms with E-state index in [2.05, 4.69) is 22.1 Å². The van der Waals surface area contributed by atoms with Crippen molar-refractivity contribution in [3.8, 4) is 0 Å².